The number of alkyl halides is 3. The van der Waals surface area contributed by atoms with Gasteiger partial charge in [-0.25, -0.2) is 0 Å². The standard InChI is InChI=1S/C16H16F3N3O/c1-21(13-7-6-11-4-2-3-5-12(11)13)15(23)10-22-9-8-14(20-22)16(17,18)19/h2-5,8-9,13H,6-7,10H2,1H3. The maximum absolute atomic E-state index is 12.5. The maximum Gasteiger partial charge on any atom is 0.435 e. The lowest BCUT2D eigenvalue weighted by Gasteiger charge is -2.25. The molecular weight excluding hydrogens is 307 g/mol. The van der Waals surface area contributed by atoms with Gasteiger partial charge in [0.25, 0.3) is 0 Å². The van der Waals surface area contributed by atoms with Crippen molar-refractivity contribution in [3.63, 3.8) is 0 Å². The van der Waals surface area contributed by atoms with Crippen molar-refractivity contribution in [2.45, 2.75) is 31.6 Å². The number of aryl methyl sites for hydroxylation is 1. The largest absolute Gasteiger partial charge is 0.435 e. The van der Waals surface area contributed by atoms with Crippen molar-refractivity contribution in [3.8, 4) is 0 Å². The highest BCUT2D eigenvalue weighted by atomic mass is 19.4. The van der Waals surface area contributed by atoms with Crippen molar-refractivity contribution in [2.75, 3.05) is 7.05 Å². The number of benzene rings is 1. The first-order chi connectivity index (χ1) is 10.9. The molecule has 0 saturated carbocycles. The molecule has 0 fully saturated rings. The molecule has 2 aromatic rings. The molecule has 0 radical (unpaired) electrons. The first-order valence-corrected chi connectivity index (χ1v) is 7.30. The third kappa shape index (κ3) is 3.09. The van der Waals surface area contributed by atoms with Crippen LogP contribution >= 0.6 is 0 Å². The predicted octanol–water partition coefficient (Wildman–Crippen LogP) is 3.05. The zero-order valence-electron chi connectivity index (χ0n) is 12.5. The van der Waals surface area contributed by atoms with Crippen LogP contribution in [0.2, 0.25) is 0 Å². The molecule has 1 aliphatic carbocycles. The summed E-state index contributed by atoms with van der Waals surface area (Å²) in [7, 11) is 1.68. The number of hydrogen-bond acceptors (Lipinski definition) is 2. The molecule has 23 heavy (non-hydrogen) atoms. The Morgan fingerprint density at radius 1 is 1.35 bits per heavy atom. The van der Waals surface area contributed by atoms with Gasteiger partial charge in [0.2, 0.25) is 5.91 Å². The van der Waals surface area contributed by atoms with Crippen LogP contribution in [0.5, 0.6) is 0 Å². The van der Waals surface area contributed by atoms with Crippen molar-refractivity contribution in [3.05, 3.63) is 53.3 Å². The number of nitrogens with zero attached hydrogens (tertiary/aromatic N) is 3. The average Bonchev–Trinajstić information content (AvgIpc) is 3.12. The van der Waals surface area contributed by atoms with E-state index >= 15 is 0 Å². The average molecular weight is 323 g/mol. The minimum Gasteiger partial charge on any atom is -0.337 e. The predicted molar refractivity (Wildman–Crippen MR) is 77.5 cm³/mol. The van der Waals surface area contributed by atoms with E-state index in [-0.39, 0.29) is 18.5 Å². The molecule has 4 nitrogen and oxygen atoms in total. The van der Waals surface area contributed by atoms with Gasteiger partial charge in [0.1, 0.15) is 6.54 Å². The van der Waals surface area contributed by atoms with Gasteiger partial charge in [0.15, 0.2) is 5.69 Å². The fourth-order valence-electron chi connectivity index (χ4n) is 2.96. The molecule has 1 amide bonds. The van der Waals surface area contributed by atoms with Crippen LogP contribution in [0, 0.1) is 0 Å². The number of aromatic nitrogens is 2. The van der Waals surface area contributed by atoms with E-state index in [1.54, 1.807) is 11.9 Å². The summed E-state index contributed by atoms with van der Waals surface area (Å²) >= 11 is 0. The van der Waals surface area contributed by atoms with Gasteiger partial charge < -0.3 is 4.90 Å². The first kappa shape index (κ1) is 15.6. The third-order valence-corrected chi connectivity index (χ3v) is 4.19. The van der Waals surface area contributed by atoms with Crippen LogP contribution in [0.1, 0.15) is 29.3 Å². The molecule has 7 heteroatoms. The molecule has 0 bridgehead atoms. The Morgan fingerprint density at radius 3 is 2.78 bits per heavy atom. The fraction of sp³-hybridized carbons (Fsp3) is 0.375. The molecule has 1 heterocycles. The molecule has 1 aromatic heterocycles. The molecular formula is C16H16F3N3O. The molecule has 0 aliphatic heterocycles. The van der Waals surface area contributed by atoms with E-state index in [0.29, 0.717) is 0 Å². The van der Waals surface area contributed by atoms with Crippen molar-refractivity contribution in [2.24, 2.45) is 0 Å². The lowest BCUT2D eigenvalue weighted by molar-refractivity contribution is -0.142. The topological polar surface area (TPSA) is 38.1 Å². The lowest BCUT2D eigenvalue weighted by atomic mass is 10.1. The van der Waals surface area contributed by atoms with Gasteiger partial charge in [-0.15, -0.1) is 0 Å². The number of hydrogen-bond donors (Lipinski definition) is 0. The van der Waals surface area contributed by atoms with Gasteiger partial charge in [0, 0.05) is 13.2 Å². The number of rotatable bonds is 3. The zero-order valence-corrected chi connectivity index (χ0v) is 12.5. The minimum atomic E-state index is -4.50. The van der Waals surface area contributed by atoms with E-state index in [2.05, 4.69) is 5.10 Å². The van der Waals surface area contributed by atoms with E-state index in [1.165, 1.54) is 11.8 Å². The van der Waals surface area contributed by atoms with E-state index < -0.39 is 11.9 Å². The first-order valence-electron chi connectivity index (χ1n) is 7.30. The van der Waals surface area contributed by atoms with Gasteiger partial charge in [-0.2, -0.15) is 18.3 Å². The highest BCUT2D eigenvalue weighted by molar-refractivity contribution is 5.76. The third-order valence-electron chi connectivity index (χ3n) is 4.19. The summed E-state index contributed by atoms with van der Waals surface area (Å²) in [5, 5.41) is 3.42. The number of carbonyl (C=O) groups is 1. The van der Waals surface area contributed by atoms with Crippen molar-refractivity contribution in [1.82, 2.24) is 14.7 Å². The number of amides is 1. The molecule has 0 saturated heterocycles. The van der Waals surface area contributed by atoms with E-state index in [1.807, 2.05) is 24.3 Å². The smallest absolute Gasteiger partial charge is 0.337 e. The Hall–Kier alpha value is -2.31. The van der Waals surface area contributed by atoms with E-state index in [9.17, 15) is 18.0 Å². The van der Waals surface area contributed by atoms with E-state index in [0.717, 1.165) is 29.2 Å². The molecule has 122 valence electrons. The van der Waals surface area contributed by atoms with Crippen molar-refractivity contribution in [1.29, 1.82) is 0 Å². The highest BCUT2D eigenvalue weighted by Crippen LogP contribution is 2.35. The number of carbonyl (C=O) groups excluding carboxylic acids is 1. The zero-order chi connectivity index (χ0) is 16.6. The summed E-state index contributed by atoms with van der Waals surface area (Å²) in [6.07, 6.45) is -1.59. The monoisotopic (exact) mass is 323 g/mol. The van der Waals surface area contributed by atoms with Crippen LogP contribution in [0.15, 0.2) is 36.5 Å². The van der Waals surface area contributed by atoms with Crippen molar-refractivity contribution < 1.29 is 18.0 Å². The van der Waals surface area contributed by atoms with Crippen LogP contribution in [-0.4, -0.2) is 27.6 Å². The summed E-state index contributed by atoms with van der Waals surface area (Å²) in [5.74, 6) is -0.261. The molecule has 1 aromatic carbocycles. The van der Waals surface area contributed by atoms with Crippen molar-refractivity contribution >= 4 is 5.91 Å². The number of fused-ring (bicyclic) bond motifs is 1. The Bertz CT molecular complexity index is 723. The summed E-state index contributed by atoms with van der Waals surface area (Å²) < 4.78 is 38.6. The second-order valence-corrected chi connectivity index (χ2v) is 5.65. The summed E-state index contributed by atoms with van der Waals surface area (Å²) in [6.45, 7) is -0.203. The summed E-state index contributed by atoms with van der Waals surface area (Å²) in [4.78, 5) is 14.0. The maximum atomic E-state index is 12.5. The van der Waals surface area contributed by atoms with Crippen LogP contribution in [0.3, 0.4) is 0 Å². The second-order valence-electron chi connectivity index (χ2n) is 5.65. The van der Waals surface area contributed by atoms with Crippen LogP contribution in [-0.2, 0) is 23.9 Å². The molecule has 1 aliphatic rings. The Balaban J connectivity index is 1.70. The molecule has 1 atom stereocenters. The number of likely N-dealkylation sites (N-methyl/N-ethyl adjacent to an activating group) is 1. The highest BCUT2D eigenvalue weighted by Gasteiger charge is 2.34. The lowest BCUT2D eigenvalue weighted by Crippen LogP contribution is -2.33. The molecule has 0 spiro atoms. The Morgan fingerprint density at radius 2 is 2.09 bits per heavy atom. The second kappa shape index (κ2) is 5.72. The van der Waals surface area contributed by atoms with Gasteiger partial charge in [-0.1, -0.05) is 24.3 Å². The van der Waals surface area contributed by atoms with Gasteiger partial charge in [-0.05, 0) is 30.0 Å². The van der Waals surface area contributed by atoms with Gasteiger partial charge in [-0.3, -0.25) is 9.48 Å². The van der Waals surface area contributed by atoms with Gasteiger partial charge in [0.05, 0.1) is 6.04 Å². The van der Waals surface area contributed by atoms with Crippen LogP contribution < -0.4 is 0 Å². The Labute approximate surface area is 131 Å². The minimum absolute atomic E-state index is 0.0312. The fourth-order valence-corrected chi connectivity index (χ4v) is 2.96. The SMILES string of the molecule is CN(C(=O)Cn1ccc(C(F)(F)F)n1)C1CCc2ccccc21. The molecule has 3 rings (SSSR count). The quantitative estimate of drug-likeness (QED) is 0.871. The molecule has 0 N–H and O–H groups in total. The molecule has 1 unspecified atom stereocenters. The summed E-state index contributed by atoms with van der Waals surface area (Å²) in [5.41, 5.74) is 1.34. The van der Waals surface area contributed by atoms with Gasteiger partial charge >= 0.3 is 6.18 Å². The van der Waals surface area contributed by atoms with Crippen LogP contribution in [0.4, 0.5) is 13.2 Å². The Kier molecular flexibility index (Phi) is 3.87. The van der Waals surface area contributed by atoms with E-state index in [4.69, 9.17) is 0 Å². The van der Waals surface area contributed by atoms with Crippen LogP contribution in [0.25, 0.3) is 0 Å². The summed E-state index contributed by atoms with van der Waals surface area (Å²) in [6, 6.07) is 8.77. The number of halogens is 3. The normalized spacial score (nSPS) is 17.1.